The highest BCUT2D eigenvalue weighted by atomic mass is 35.5. The summed E-state index contributed by atoms with van der Waals surface area (Å²) in [5, 5.41) is 0.920. The van der Waals surface area contributed by atoms with E-state index < -0.39 is 0 Å². The van der Waals surface area contributed by atoms with Gasteiger partial charge < -0.3 is 16.4 Å². The number of aromatic nitrogens is 2. The average molecular weight is 364 g/mol. The molecule has 2 heterocycles. The molecule has 3 unspecified atom stereocenters. The Bertz CT molecular complexity index is 782. The average Bonchev–Trinajstić information content (AvgIpc) is 3.05. The minimum Gasteiger partial charge on any atom is -0.382 e. The summed E-state index contributed by atoms with van der Waals surface area (Å²) in [6, 6.07) is 5.95. The number of fused-ring (bicyclic) bond motifs is 1. The third kappa shape index (κ3) is 2.51. The van der Waals surface area contributed by atoms with E-state index in [1.165, 1.54) is 6.42 Å². The molecule has 1 aromatic heterocycles. The summed E-state index contributed by atoms with van der Waals surface area (Å²) in [6.45, 7) is 1.74. The molecular formula is C17H19Cl2N5. The lowest BCUT2D eigenvalue weighted by molar-refractivity contribution is 0.594. The molecule has 4 rings (SSSR count). The standard InChI is InChI=1S/C17H19Cl2N5/c18-12-3-1-2-11(14(12)19)15-17(21)23-13(8-22-15)24-7-5-10-9(4-6-20)16(10)24/h1-3,8-10,16H,4-7,20H2,(H2,21,23). The minimum absolute atomic E-state index is 0.371. The van der Waals surface area contributed by atoms with Crippen molar-refractivity contribution in [3.63, 3.8) is 0 Å². The van der Waals surface area contributed by atoms with Crippen LogP contribution in [0.4, 0.5) is 11.6 Å². The number of hydrogen-bond acceptors (Lipinski definition) is 5. The first-order valence-corrected chi connectivity index (χ1v) is 8.91. The van der Waals surface area contributed by atoms with Crippen LogP contribution in [0.3, 0.4) is 0 Å². The van der Waals surface area contributed by atoms with Gasteiger partial charge >= 0.3 is 0 Å². The second kappa shape index (κ2) is 6.06. The molecule has 4 N–H and O–H groups in total. The van der Waals surface area contributed by atoms with Gasteiger partial charge in [-0.15, -0.1) is 0 Å². The fourth-order valence-electron chi connectivity index (χ4n) is 3.98. The number of piperidine rings is 1. The Morgan fingerprint density at radius 1 is 1.29 bits per heavy atom. The molecule has 1 saturated heterocycles. The Morgan fingerprint density at radius 2 is 2.12 bits per heavy atom. The van der Waals surface area contributed by atoms with Gasteiger partial charge in [0.05, 0.1) is 16.2 Å². The summed E-state index contributed by atoms with van der Waals surface area (Å²) >= 11 is 12.4. The lowest BCUT2D eigenvalue weighted by Gasteiger charge is -2.21. The molecule has 1 saturated carbocycles. The van der Waals surface area contributed by atoms with E-state index in [4.69, 9.17) is 34.7 Å². The maximum atomic E-state index is 6.27. The molecule has 1 aromatic carbocycles. The van der Waals surface area contributed by atoms with Gasteiger partial charge in [-0.05, 0) is 37.3 Å². The largest absolute Gasteiger partial charge is 0.382 e. The van der Waals surface area contributed by atoms with Gasteiger partial charge in [-0.1, -0.05) is 35.3 Å². The fourth-order valence-corrected chi connectivity index (χ4v) is 4.37. The maximum Gasteiger partial charge on any atom is 0.152 e. The number of hydrogen-bond donors (Lipinski definition) is 2. The smallest absolute Gasteiger partial charge is 0.152 e. The molecule has 24 heavy (non-hydrogen) atoms. The Kier molecular flexibility index (Phi) is 4.03. The monoisotopic (exact) mass is 363 g/mol. The van der Waals surface area contributed by atoms with Crippen LogP contribution in [0.5, 0.6) is 0 Å². The molecule has 0 radical (unpaired) electrons. The molecule has 0 spiro atoms. The first-order chi connectivity index (χ1) is 11.6. The van der Waals surface area contributed by atoms with Crippen LogP contribution in [-0.4, -0.2) is 29.1 Å². The SMILES string of the molecule is NCCC1C2CCN(c3cnc(-c4cccc(Cl)c4Cl)c(N)n3)C12. The molecule has 2 fully saturated rings. The lowest BCUT2D eigenvalue weighted by atomic mass is 10.1. The van der Waals surface area contributed by atoms with E-state index in [-0.39, 0.29) is 0 Å². The lowest BCUT2D eigenvalue weighted by Crippen LogP contribution is -2.26. The molecule has 3 atom stereocenters. The molecule has 0 amide bonds. The van der Waals surface area contributed by atoms with Gasteiger partial charge in [0.15, 0.2) is 5.82 Å². The molecule has 2 aromatic rings. The van der Waals surface area contributed by atoms with Crippen molar-refractivity contribution in [3.05, 3.63) is 34.4 Å². The van der Waals surface area contributed by atoms with Crippen molar-refractivity contribution in [1.82, 2.24) is 9.97 Å². The molecule has 126 valence electrons. The highest BCUT2D eigenvalue weighted by Gasteiger charge is 2.56. The number of rotatable bonds is 4. The normalized spacial score (nSPS) is 25.0. The van der Waals surface area contributed by atoms with E-state index in [2.05, 4.69) is 14.9 Å². The van der Waals surface area contributed by atoms with Crippen molar-refractivity contribution >= 4 is 34.8 Å². The zero-order chi connectivity index (χ0) is 16.8. The van der Waals surface area contributed by atoms with E-state index in [1.54, 1.807) is 12.3 Å². The summed E-state index contributed by atoms with van der Waals surface area (Å²) in [7, 11) is 0. The molecule has 2 aliphatic rings. The zero-order valence-electron chi connectivity index (χ0n) is 13.1. The van der Waals surface area contributed by atoms with Crippen molar-refractivity contribution < 1.29 is 0 Å². The Morgan fingerprint density at radius 3 is 2.88 bits per heavy atom. The van der Waals surface area contributed by atoms with Crippen LogP contribution in [0.1, 0.15) is 12.8 Å². The molecule has 1 aliphatic carbocycles. The first kappa shape index (κ1) is 15.9. The number of benzene rings is 1. The summed E-state index contributed by atoms with van der Waals surface area (Å²) in [5.41, 5.74) is 13.1. The predicted octanol–water partition coefficient (Wildman–Crippen LogP) is 3.21. The van der Waals surface area contributed by atoms with Gasteiger partial charge in [-0.3, -0.25) is 0 Å². The summed E-state index contributed by atoms with van der Waals surface area (Å²) in [5.74, 6) is 2.64. The van der Waals surface area contributed by atoms with Crippen molar-refractivity contribution in [3.8, 4) is 11.3 Å². The zero-order valence-corrected chi connectivity index (χ0v) is 14.6. The van der Waals surface area contributed by atoms with Crippen LogP contribution in [-0.2, 0) is 0 Å². The van der Waals surface area contributed by atoms with Gasteiger partial charge in [-0.25, -0.2) is 9.97 Å². The first-order valence-electron chi connectivity index (χ1n) is 8.15. The van der Waals surface area contributed by atoms with Gasteiger partial charge in [0.2, 0.25) is 0 Å². The highest BCUT2D eigenvalue weighted by molar-refractivity contribution is 6.43. The minimum atomic E-state index is 0.371. The van der Waals surface area contributed by atoms with E-state index in [0.717, 1.165) is 31.2 Å². The second-order valence-electron chi connectivity index (χ2n) is 6.44. The third-order valence-electron chi connectivity index (χ3n) is 5.14. The number of halogens is 2. The summed E-state index contributed by atoms with van der Waals surface area (Å²) in [6.07, 6.45) is 4.05. The molecule has 0 bridgehead atoms. The van der Waals surface area contributed by atoms with E-state index in [1.807, 2.05) is 12.1 Å². The Hall–Kier alpha value is -1.56. The van der Waals surface area contributed by atoms with Crippen molar-refractivity contribution in [1.29, 1.82) is 0 Å². The molecule has 7 heteroatoms. The number of anilines is 2. The number of nitrogens with zero attached hydrogens (tertiary/aromatic N) is 3. The van der Waals surface area contributed by atoms with Crippen LogP contribution >= 0.6 is 23.2 Å². The van der Waals surface area contributed by atoms with Crippen molar-refractivity contribution in [2.45, 2.75) is 18.9 Å². The van der Waals surface area contributed by atoms with Crippen LogP contribution < -0.4 is 16.4 Å². The van der Waals surface area contributed by atoms with Gasteiger partial charge in [-0.2, -0.15) is 0 Å². The fraction of sp³-hybridized carbons (Fsp3) is 0.412. The van der Waals surface area contributed by atoms with Crippen LogP contribution in [0.15, 0.2) is 24.4 Å². The van der Waals surface area contributed by atoms with Gasteiger partial charge in [0, 0.05) is 18.2 Å². The second-order valence-corrected chi connectivity index (χ2v) is 7.23. The summed E-state index contributed by atoms with van der Waals surface area (Å²) < 4.78 is 0. The molecule has 1 aliphatic heterocycles. The maximum absolute atomic E-state index is 6.27. The van der Waals surface area contributed by atoms with E-state index >= 15 is 0 Å². The van der Waals surface area contributed by atoms with Gasteiger partial charge in [0.25, 0.3) is 0 Å². The van der Waals surface area contributed by atoms with Gasteiger partial charge in [0.1, 0.15) is 11.5 Å². The molecule has 5 nitrogen and oxygen atoms in total. The number of nitrogens with two attached hydrogens (primary N) is 2. The number of nitrogen functional groups attached to an aromatic ring is 1. The van der Waals surface area contributed by atoms with Crippen molar-refractivity contribution in [2.75, 3.05) is 23.7 Å². The van der Waals surface area contributed by atoms with Crippen molar-refractivity contribution in [2.24, 2.45) is 17.6 Å². The van der Waals surface area contributed by atoms with Crippen LogP contribution in [0.2, 0.25) is 10.0 Å². The highest BCUT2D eigenvalue weighted by Crippen LogP contribution is 2.53. The third-order valence-corrected chi connectivity index (χ3v) is 5.96. The topological polar surface area (TPSA) is 81.1 Å². The Balaban J connectivity index is 1.62. The van der Waals surface area contributed by atoms with E-state index in [9.17, 15) is 0 Å². The predicted molar refractivity (Wildman–Crippen MR) is 98.3 cm³/mol. The summed E-state index contributed by atoms with van der Waals surface area (Å²) in [4.78, 5) is 11.4. The van der Waals surface area contributed by atoms with Crippen LogP contribution in [0, 0.1) is 11.8 Å². The quantitative estimate of drug-likeness (QED) is 0.871. The van der Waals surface area contributed by atoms with E-state index in [0.29, 0.717) is 39.1 Å². The van der Waals surface area contributed by atoms with Crippen LogP contribution in [0.25, 0.3) is 11.3 Å². The molecular weight excluding hydrogens is 345 g/mol. The Labute approximate surface area is 151 Å².